The summed E-state index contributed by atoms with van der Waals surface area (Å²) < 4.78 is 5.22. The molecule has 0 radical (unpaired) electrons. The Morgan fingerprint density at radius 3 is 2.24 bits per heavy atom. The number of halogens is 1. The van der Waals surface area contributed by atoms with E-state index in [0.717, 1.165) is 5.69 Å². The highest BCUT2D eigenvalue weighted by molar-refractivity contribution is 6.51. The molecule has 6 nitrogen and oxygen atoms in total. The lowest BCUT2D eigenvalue weighted by Crippen LogP contribution is -2.29. The number of carbonyl (C=O) groups is 2. The number of methoxy groups -OCH3 is 1. The minimum absolute atomic E-state index is 0.0238. The maximum absolute atomic E-state index is 13.2. The molecule has 0 bridgehead atoms. The summed E-state index contributed by atoms with van der Waals surface area (Å²) in [5.41, 5.74) is 2.56. The van der Waals surface area contributed by atoms with Crippen LogP contribution in [-0.4, -0.2) is 38.0 Å². The second kappa shape index (κ2) is 9.00. The molecular formula is C26H23ClN2O4. The Morgan fingerprint density at radius 2 is 1.67 bits per heavy atom. The van der Waals surface area contributed by atoms with Crippen molar-refractivity contribution >= 4 is 40.4 Å². The summed E-state index contributed by atoms with van der Waals surface area (Å²) in [7, 11) is 5.35. The van der Waals surface area contributed by atoms with Crippen LogP contribution in [0.1, 0.15) is 17.2 Å². The van der Waals surface area contributed by atoms with Crippen molar-refractivity contribution in [3.63, 3.8) is 0 Å². The SMILES string of the molecule is COc1ccc(N2C(=O)C(=O)/C(=C(/O)c3ccccc3)C2c2ccc(N(C)C)cc2)cc1Cl. The number of anilines is 2. The lowest BCUT2D eigenvalue weighted by atomic mass is 9.95. The molecule has 1 N–H and O–H groups in total. The molecule has 3 aromatic carbocycles. The van der Waals surface area contributed by atoms with Gasteiger partial charge in [0.25, 0.3) is 11.7 Å². The second-order valence-corrected chi connectivity index (χ2v) is 8.25. The van der Waals surface area contributed by atoms with E-state index in [-0.39, 0.29) is 11.3 Å². The number of hydrogen-bond donors (Lipinski definition) is 1. The molecule has 1 fully saturated rings. The number of nitrogens with zero attached hydrogens (tertiary/aromatic N) is 2. The first-order chi connectivity index (χ1) is 15.8. The van der Waals surface area contributed by atoms with E-state index in [2.05, 4.69) is 0 Å². The van der Waals surface area contributed by atoms with E-state index in [1.54, 1.807) is 42.5 Å². The van der Waals surface area contributed by atoms with Gasteiger partial charge in [0.15, 0.2) is 0 Å². The Hall–Kier alpha value is -3.77. The molecule has 1 unspecified atom stereocenters. The fourth-order valence-electron chi connectivity index (χ4n) is 3.93. The largest absolute Gasteiger partial charge is 0.507 e. The van der Waals surface area contributed by atoms with Crippen LogP contribution in [0.25, 0.3) is 5.76 Å². The molecule has 1 amide bonds. The van der Waals surface area contributed by atoms with Crippen LogP contribution >= 0.6 is 11.6 Å². The summed E-state index contributed by atoms with van der Waals surface area (Å²) >= 11 is 6.32. The molecule has 1 saturated heterocycles. The van der Waals surface area contributed by atoms with Crippen molar-refractivity contribution in [1.82, 2.24) is 0 Å². The Morgan fingerprint density at radius 1 is 1.00 bits per heavy atom. The van der Waals surface area contributed by atoms with Crippen molar-refractivity contribution in [1.29, 1.82) is 0 Å². The van der Waals surface area contributed by atoms with Crippen LogP contribution in [0.2, 0.25) is 5.02 Å². The highest BCUT2D eigenvalue weighted by Gasteiger charge is 2.47. The first kappa shape index (κ1) is 22.4. The van der Waals surface area contributed by atoms with Gasteiger partial charge in [-0.3, -0.25) is 14.5 Å². The van der Waals surface area contributed by atoms with Gasteiger partial charge in [0, 0.05) is 31.0 Å². The summed E-state index contributed by atoms with van der Waals surface area (Å²) in [6, 6.07) is 20.3. The van der Waals surface area contributed by atoms with Gasteiger partial charge >= 0.3 is 0 Å². The fourth-order valence-corrected chi connectivity index (χ4v) is 4.18. The van der Waals surface area contributed by atoms with Gasteiger partial charge in [-0.25, -0.2) is 0 Å². The number of Topliss-reactive ketones (excluding diaryl/α,β-unsaturated/α-hetero) is 1. The van der Waals surface area contributed by atoms with Crippen molar-refractivity contribution in [3.05, 3.63) is 94.5 Å². The molecule has 1 aliphatic heterocycles. The maximum atomic E-state index is 13.2. The molecule has 0 spiro atoms. The number of benzene rings is 3. The van der Waals surface area contributed by atoms with E-state index in [1.807, 2.05) is 49.3 Å². The molecule has 0 aliphatic carbocycles. The third kappa shape index (κ3) is 4.05. The number of carbonyl (C=O) groups excluding carboxylic acids is 2. The molecular weight excluding hydrogens is 440 g/mol. The predicted octanol–water partition coefficient (Wildman–Crippen LogP) is 5.04. The van der Waals surface area contributed by atoms with E-state index >= 15 is 0 Å². The highest BCUT2D eigenvalue weighted by atomic mass is 35.5. The Labute approximate surface area is 197 Å². The summed E-state index contributed by atoms with van der Waals surface area (Å²) in [5, 5.41) is 11.4. The normalized spacial score (nSPS) is 17.3. The van der Waals surface area contributed by atoms with Crippen LogP contribution in [0.15, 0.2) is 78.4 Å². The molecule has 0 aromatic heterocycles. The van der Waals surface area contributed by atoms with Crippen LogP contribution in [0.5, 0.6) is 5.75 Å². The second-order valence-electron chi connectivity index (χ2n) is 7.84. The average molecular weight is 463 g/mol. The first-order valence-electron chi connectivity index (χ1n) is 10.3. The molecule has 33 heavy (non-hydrogen) atoms. The van der Waals surface area contributed by atoms with Crippen molar-refractivity contribution in [2.45, 2.75) is 6.04 Å². The van der Waals surface area contributed by atoms with Crippen molar-refractivity contribution < 1.29 is 19.4 Å². The molecule has 3 aromatic rings. The predicted molar refractivity (Wildman–Crippen MR) is 130 cm³/mol. The van der Waals surface area contributed by atoms with E-state index < -0.39 is 17.7 Å². The Bertz CT molecular complexity index is 1240. The van der Waals surface area contributed by atoms with Crippen LogP contribution in [0.3, 0.4) is 0 Å². The van der Waals surface area contributed by atoms with Crippen LogP contribution in [0, 0.1) is 0 Å². The van der Waals surface area contributed by atoms with Gasteiger partial charge < -0.3 is 14.7 Å². The number of aliphatic hydroxyl groups is 1. The summed E-state index contributed by atoms with van der Waals surface area (Å²) in [5.74, 6) is -1.27. The van der Waals surface area contributed by atoms with Crippen molar-refractivity contribution in [2.75, 3.05) is 31.0 Å². The van der Waals surface area contributed by atoms with Gasteiger partial charge in [-0.05, 0) is 35.9 Å². The quantitative estimate of drug-likeness (QED) is 0.327. The molecule has 0 saturated carbocycles. The molecule has 4 rings (SSSR count). The topological polar surface area (TPSA) is 70.1 Å². The first-order valence-corrected chi connectivity index (χ1v) is 10.7. The lowest BCUT2D eigenvalue weighted by molar-refractivity contribution is -0.132. The number of hydrogen-bond acceptors (Lipinski definition) is 5. The van der Waals surface area contributed by atoms with Crippen molar-refractivity contribution in [2.24, 2.45) is 0 Å². The van der Waals surface area contributed by atoms with Gasteiger partial charge in [-0.1, -0.05) is 54.1 Å². The smallest absolute Gasteiger partial charge is 0.300 e. The number of ether oxygens (including phenoxy) is 1. The maximum Gasteiger partial charge on any atom is 0.300 e. The van der Waals surface area contributed by atoms with Gasteiger partial charge in [-0.15, -0.1) is 0 Å². The van der Waals surface area contributed by atoms with Crippen LogP contribution < -0.4 is 14.5 Å². The van der Waals surface area contributed by atoms with Gasteiger partial charge in [0.05, 0.1) is 23.7 Å². The summed E-state index contributed by atoms with van der Waals surface area (Å²) in [6.45, 7) is 0. The molecule has 1 heterocycles. The summed E-state index contributed by atoms with van der Waals surface area (Å²) in [6.07, 6.45) is 0. The third-order valence-electron chi connectivity index (χ3n) is 5.63. The van der Waals surface area contributed by atoms with E-state index in [9.17, 15) is 14.7 Å². The van der Waals surface area contributed by atoms with Crippen molar-refractivity contribution in [3.8, 4) is 5.75 Å². The van der Waals surface area contributed by atoms with E-state index in [1.165, 1.54) is 12.0 Å². The zero-order valence-electron chi connectivity index (χ0n) is 18.4. The molecule has 7 heteroatoms. The highest BCUT2D eigenvalue weighted by Crippen LogP contribution is 2.43. The van der Waals surface area contributed by atoms with Gasteiger partial charge in [-0.2, -0.15) is 0 Å². The monoisotopic (exact) mass is 462 g/mol. The average Bonchev–Trinajstić information content (AvgIpc) is 3.09. The lowest BCUT2D eigenvalue weighted by Gasteiger charge is -2.26. The Balaban J connectivity index is 1.92. The number of ketones is 1. The van der Waals surface area contributed by atoms with E-state index in [4.69, 9.17) is 16.3 Å². The zero-order valence-corrected chi connectivity index (χ0v) is 19.2. The van der Waals surface area contributed by atoms with Crippen LogP contribution in [0.4, 0.5) is 11.4 Å². The fraction of sp³-hybridized carbons (Fsp3) is 0.154. The van der Waals surface area contributed by atoms with Gasteiger partial charge in [0.2, 0.25) is 0 Å². The number of rotatable bonds is 5. The number of amides is 1. The standard InChI is InChI=1S/C26H23ClN2O4/c1-28(2)18-11-9-16(10-12-18)23-22(24(30)17-7-5-4-6-8-17)25(31)26(32)29(23)19-13-14-21(33-3)20(27)15-19/h4-15,23,30H,1-3H3/b24-22+. The third-order valence-corrected chi connectivity index (χ3v) is 5.93. The Kier molecular flexibility index (Phi) is 6.11. The summed E-state index contributed by atoms with van der Waals surface area (Å²) in [4.78, 5) is 29.7. The molecule has 1 atom stereocenters. The minimum Gasteiger partial charge on any atom is -0.507 e. The number of aliphatic hydroxyl groups excluding tert-OH is 1. The minimum atomic E-state index is -0.828. The van der Waals surface area contributed by atoms with Gasteiger partial charge in [0.1, 0.15) is 11.5 Å². The van der Waals surface area contributed by atoms with E-state index in [0.29, 0.717) is 27.6 Å². The molecule has 168 valence electrons. The zero-order chi connectivity index (χ0) is 23.7. The van der Waals surface area contributed by atoms with Crippen LogP contribution in [-0.2, 0) is 9.59 Å². The molecule has 1 aliphatic rings.